The lowest BCUT2D eigenvalue weighted by Crippen LogP contribution is -2.15. The second kappa shape index (κ2) is 8.52. The van der Waals surface area contributed by atoms with Crippen molar-refractivity contribution in [1.29, 1.82) is 0 Å². The van der Waals surface area contributed by atoms with Gasteiger partial charge in [0.25, 0.3) is 0 Å². The smallest absolute Gasteiger partial charge is 0.161 e. The molecule has 1 aromatic carbocycles. The third-order valence-electron chi connectivity index (χ3n) is 5.36. The number of nitrogens with zero attached hydrogens (tertiary/aromatic N) is 2. The van der Waals surface area contributed by atoms with Crippen LogP contribution in [0.25, 0.3) is 0 Å². The summed E-state index contributed by atoms with van der Waals surface area (Å²) in [4.78, 5) is 8.99. The van der Waals surface area contributed by atoms with Gasteiger partial charge in [0, 0.05) is 25.1 Å². The van der Waals surface area contributed by atoms with E-state index in [4.69, 9.17) is 4.74 Å². The van der Waals surface area contributed by atoms with Crippen LogP contribution in [0, 0.1) is 11.7 Å². The summed E-state index contributed by atoms with van der Waals surface area (Å²) in [5.74, 6) is 1.66. The molecular formula is C21H27FN2O. The van der Waals surface area contributed by atoms with E-state index in [1.54, 1.807) is 25.3 Å². The second-order valence-electron chi connectivity index (χ2n) is 7.02. The van der Waals surface area contributed by atoms with Gasteiger partial charge in [-0.25, -0.2) is 14.4 Å². The molecule has 0 bridgehead atoms. The van der Waals surface area contributed by atoms with Crippen LogP contribution >= 0.6 is 0 Å². The molecule has 1 aliphatic rings. The van der Waals surface area contributed by atoms with Crippen molar-refractivity contribution in [1.82, 2.24) is 9.97 Å². The molecule has 0 spiro atoms. The van der Waals surface area contributed by atoms with Crippen LogP contribution in [0.4, 0.5) is 4.39 Å². The fraction of sp³-hybridized carbons (Fsp3) is 0.524. The van der Waals surface area contributed by atoms with Crippen molar-refractivity contribution in [2.24, 2.45) is 5.92 Å². The van der Waals surface area contributed by atoms with Crippen molar-refractivity contribution in [3.05, 3.63) is 59.4 Å². The number of methoxy groups -OCH3 is 1. The number of halogens is 1. The molecule has 1 atom stereocenters. The zero-order valence-electron chi connectivity index (χ0n) is 15.1. The first kappa shape index (κ1) is 18.0. The summed E-state index contributed by atoms with van der Waals surface area (Å²) >= 11 is 0. The van der Waals surface area contributed by atoms with E-state index in [9.17, 15) is 4.39 Å². The van der Waals surface area contributed by atoms with Gasteiger partial charge in [0.05, 0.1) is 0 Å². The average molecular weight is 342 g/mol. The van der Waals surface area contributed by atoms with Crippen molar-refractivity contribution < 1.29 is 9.13 Å². The Kier molecular flexibility index (Phi) is 6.14. The molecule has 2 aromatic rings. The van der Waals surface area contributed by atoms with Gasteiger partial charge in [-0.3, -0.25) is 0 Å². The van der Waals surface area contributed by atoms with Crippen LogP contribution in [-0.4, -0.2) is 17.1 Å². The SMILES string of the molecule is CCCC1CCC(c2cnc(C(OC)c3ccccc3F)nc2)CC1. The molecule has 0 aliphatic heterocycles. The number of aromatic nitrogens is 2. The molecule has 0 saturated heterocycles. The summed E-state index contributed by atoms with van der Waals surface area (Å²) in [5.41, 5.74) is 1.67. The molecule has 1 saturated carbocycles. The summed E-state index contributed by atoms with van der Waals surface area (Å²) in [7, 11) is 1.56. The van der Waals surface area contributed by atoms with Crippen LogP contribution in [-0.2, 0) is 4.74 Å². The van der Waals surface area contributed by atoms with Crippen LogP contribution in [0.15, 0.2) is 36.7 Å². The molecule has 3 rings (SSSR count). The lowest BCUT2D eigenvalue weighted by molar-refractivity contribution is 0.125. The fourth-order valence-corrected chi connectivity index (χ4v) is 3.95. The summed E-state index contributed by atoms with van der Waals surface area (Å²) < 4.78 is 19.5. The van der Waals surface area contributed by atoms with Crippen molar-refractivity contribution in [2.45, 2.75) is 57.5 Å². The molecule has 0 N–H and O–H groups in total. The maximum Gasteiger partial charge on any atom is 0.161 e. The minimum absolute atomic E-state index is 0.295. The Morgan fingerprint density at radius 1 is 1.12 bits per heavy atom. The quantitative estimate of drug-likeness (QED) is 0.702. The molecular weight excluding hydrogens is 315 g/mol. The van der Waals surface area contributed by atoms with E-state index < -0.39 is 6.10 Å². The molecule has 1 heterocycles. The van der Waals surface area contributed by atoms with Crippen molar-refractivity contribution in [2.75, 3.05) is 7.11 Å². The highest BCUT2D eigenvalue weighted by atomic mass is 19.1. The molecule has 1 aromatic heterocycles. The Bertz CT molecular complexity index is 666. The van der Waals surface area contributed by atoms with Crippen LogP contribution in [0.3, 0.4) is 0 Å². The van der Waals surface area contributed by atoms with E-state index in [0.29, 0.717) is 17.3 Å². The third-order valence-corrected chi connectivity index (χ3v) is 5.36. The molecule has 0 radical (unpaired) electrons. The monoisotopic (exact) mass is 342 g/mol. The topological polar surface area (TPSA) is 35.0 Å². The standard InChI is InChI=1S/C21H27FN2O/c1-3-6-15-9-11-16(12-10-15)17-13-23-21(24-14-17)20(25-2)18-7-4-5-8-19(18)22/h4-5,7-8,13-16,20H,3,6,9-12H2,1-2H3. The van der Waals surface area contributed by atoms with E-state index in [2.05, 4.69) is 16.9 Å². The zero-order chi connectivity index (χ0) is 17.6. The Hall–Kier alpha value is -1.81. The van der Waals surface area contributed by atoms with Crippen molar-refractivity contribution in [3.8, 4) is 0 Å². The van der Waals surface area contributed by atoms with Gasteiger partial charge in [-0.2, -0.15) is 0 Å². The van der Waals surface area contributed by atoms with Gasteiger partial charge in [-0.15, -0.1) is 0 Å². The van der Waals surface area contributed by atoms with E-state index in [1.807, 2.05) is 12.4 Å². The highest BCUT2D eigenvalue weighted by molar-refractivity contribution is 5.25. The minimum atomic E-state index is -0.574. The number of rotatable bonds is 6. The Balaban J connectivity index is 1.71. The number of hydrogen-bond donors (Lipinski definition) is 0. The fourth-order valence-electron chi connectivity index (χ4n) is 3.95. The Morgan fingerprint density at radius 3 is 2.40 bits per heavy atom. The largest absolute Gasteiger partial charge is 0.369 e. The van der Waals surface area contributed by atoms with Crippen LogP contribution in [0.2, 0.25) is 0 Å². The first-order valence-electron chi connectivity index (χ1n) is 9.32. The molecule has 1 aliphatic carbocycles. The molecule has 1 unspecified atom stereocenters. The number of benzene rings is 1. The van der Waals surface area contributed by atoms with Gasteiger partial charge in [-0.05, 0) is 49.1 Å². The molecule has 25 heavy (non-hydrogen) atoms. The highest BCUT2D eigenvalue weighted by Gasteiger charge is 2.24. The van der Waals surface area contributed by atoms with Crippen molar-refractivity contribution in [3.63, 3.8) is 0 Å². The average Bonchev–Trinajstić information content (AvgIpc) is 2.65. The summed E-state index contributed by atoms with van der Waals surface area (Å²) in [6.07, 6.45) is 10.9. The van der Waals surface area contributed by atoms with Gasteiger partial charge in [0.15, 0.2) is 5.82 Å². The Morgan fingerprint density at radius 2 is 1.80 bits per heavy atom. The maximum atomic E-state index is 14.0. The lowest BCUT2D eigenvalue weighted by atomic mass is 9.78. The third kappa shape index (κ3) is 4.24. The zero-order valence-corrected chi connectivity index (χ0v) is 15.1. The van der Waals surface area contributed by atoms with Crippen LogP contribution in [0.5, 0.6) is 0 Å². The molecule has 1 fully saturated rings. The minimum Gasteiger partial charge on any atom is -0.369 e. The summed E-state index contributed by atoms with van der Waals surface area (Å²) in [6, 6.07) is 6.62. The molecule has 3 nitrogen and oxygen atoms in total. The Labute approximate surface area is 149 Å². The maximum absolute atomic E-state index is 14.0. The lowest BCUT2D eigenvalue weighted by Gasteiger charge is -2.28. The van der Waals surface area contributed by atoms with E-state index in [-0.39, 0.29) is 5.82 Å². The normalized spacial score (nSPS) is 21.9. The van der Waals surface area contributed by atoms with Crippen molar-refractivity contribution >= 4 is 0 Å². The van der Waals surface area contributed by atoms with Gasteiger partial charge in [0.2, 0.25) is 0 Å². The predicted molar refractivity (Wildman–Crippen MR) is 96.9 cm³/mol. The summed E-state index contributed by atoms with van der Waals surface area (Å²) in [5, 5.41) is 0. The van der Waals surface area contributed by atoms with E-state index in [0.717, 1.165) is 5.92 Å². The number of hydrogen-bond acceptors (Lipinski definition) is 3. The molecule has 4 heteroatoms. The van der Waals surface area contributed by atoms with Gasteiger partial charge in [-0.1, -0.05) is 38.0 Å². The van der Waals surface area contributed by atoms with Crippen LogP contribution < -0.4 is 0 Å². The number of ether oxygens (including phenoxy) is 1. The van der Waals surface area contributed by atoms with E-state index in [1.165, 1.54) is 50.2 Å². The second-order valence-corrected chi connectivity index (χ2v) is 7.02. The molecule has 134 valence electrons. The highest BCUT2D eigenvalue weighted by Crippen LogP contribution is 2.37. The van der Waals surface area contributed by atoms with E-state index >= 15 is 0 Å². The first-order valence-corrected chi connectivity index (χ1v) is 9.32. The first-order chi connectivity index (χ1) is 12.2. The van der Waals surface area contributed by atoms with Gasteiger partial charge >= 0.3 is 0 Å². The van der Waals surface area contributed by atoms with Gasteiger partial charge in [0.1, 0.15) is 11.9 Å². The van der Waals surface area contributed by atoms with Crippen LogP contribution in [0.1, 0.15) is 74.4 Å². The molecule has 0 amide bonds. The summed E-state index contributed by atoms with van der Waals surface area (Å²) in [6.45, 7) is 2.26. The van der Waals surface area contributed by atoms with Gasteiger partial charge < -0.3 is 4.74 Å². The predicted octanol–water partition coefficient (Wildman–Crippen LogP) is 5.43.